The van der Waals surface area contributed by atoms with E-state index >= 15 is 0 Å². The van der Waals surface area contributed by atoms with Crippen LogP contribution in [0.4, 0.5) is 0 Å². The van der Waals surface area contributed by atoms with E-state index in [1.807, 2.05) is 6.07 Å². The zero-order valence-electron chi connectivity index (χ0n) is 17.2. The van der Waals surface area contributed by atoms with Crippen molar-refractivity contribution in [3.8, 4) is 0 Å². The van der Waals surface area contributed by atoms with Crippen LogP contribution in [0.25, 0.3) is 0 Å². The molecule has 4 amide bonds. The number of imide groups is 2. The zero-order chi connectivity index (χ0) is 20.8. The summed E-state index contributed by atoms with van der Waals surface area (Å²) < 4.78 is 0. The second kappa shape index (κ2) is 9.81. The van der Waals surface area contributed by atoms with E-state index in [0.717, 1.165) is 29.7 Å². The van der Waals surface area contributed by atoms with Gasteiger partial charge in [-0.25, -0.2) is 0 Å². The fourth-order valence-corrected chi connectivity index (χ4v) is 4.24. The summed E-state index contributed by atoms with van der Waals surface area (Å²) >= 11 is 0. The van der Waals surface area contributed by atoms with E-state index in [4.69, 9.17) is 0 Å². The van der Waals surface area contributed by atoms with E-state index in [1.54, 1.807) is 12.1 Å². The van der Waals surface area contributed by atoms with Gasteiger partial charge in [-0.2, -0.15) is 0 Å². The van der Waals surface area contributed by atoms with Crippen LogP contribution >= 0.6 is 0 Å². The topological polar surface area (TPSA) is 83.6 Å². The van der Waals surface area contributed by atoms with Gasteiger partial charge < -0.3 is 0 Å². The van der Waals surface area contributed by atoms with Gasteiger partial charge in [0, 0.05) is 6.42 Å². The van der Waals surface area contributed by atoms with Crippen LogP contribution in [0.3, 0.4) is 0 Å². The first-order valence-corrected chi connectivity index (χ1v) is 10.9. The number of aryl methyl sites for hydroxylation is 1. The Morgan fingerprint density at radius 2 is 1.62 bits per heavy atom. The number of benzene rings is 1. The third-order valence-electron chi connectivity index (χ3n) is 5.85. The second-order valence-electron chi connectivity index (χ2n) is 8.01. The van der Waals surface area contributed by atoms with E-state index in [1.165, 1.54) is 38.5 Å². The number of carbonyl (C=O) groups is 4. The van der Waals surface area contributed by atoms with Gasteiger partial charge in [-0.05, 0) is 30.9 Å². The highest BCUT2D eigenvalue weighted by Gasteiger charge is 2.45. The Bertz CT molecular complexity index is 802. The number of carbonyl (C=O) groups excluding carboxylic acids is 4. The zero-order valence-corrected chi connectivity index (χ0v) is 17.2. The van der Waals surface area contributed by atoms with Gasteiger partial charge >= 0.3 is 0 Å². The van der Waals surface area contributed by atoms with E-state index in [9.17, 15) is 19.2 Å². The van der Waals surface area contributed by atoms with Gasteiger partial charge in [0.15, 0.2) is 0 Å². The molecule has 1 unspecified atom stereocenters. The van der Waals surface area contributed by atoms with Crippen LogP contribution in [0.15, 0.2) is 18.2 Å². The van der Waals surface area contributed by atoms with Crippen molar-refractivity contribution in [1.29, 1.82) is 0 Å². The average molecular weight is 399 g/mol. The molecule has 0 radical (unpaired) electrons. The smallest absolute Gasteiger partial charge is 0.262 e. The second-order valence-corrected chi connectivity index (χ2v) is 8.01. The van der Waals surface area contributed by atoms with Crippen LogP contribution in [0.2, 0.25) is 0 Å². The Balaban J connectivity index is 1.61. The van der Waals surface area contributed by atoms with E-state index in [-0.39, 0.29) is 18.7 Å². The number of amides is 4. The van der Waals surface area contributed by atoms with Crippen molar-refractivity contribution in [3.63, 3.8) is 0 Å². The number of piperidine rings is 1. The molecule has 1 aromatic rings. The van der Waals surface area contributed by atoms with Crippen molar-refractivity contribution in [2.75, 3.05) is 0 Å². The summed E-state index contributed by atoms with van der Waals surface area (Å²) in [7, 11) is 0. The lowest BCUT2D eigenvalue weighted by Crippen LogP contribution is -2.54. The molecule has 1 atom stereocenters. The lowest BCUT2D eigenvalue weighted by molar-refractivity contribution is -0.136. The molecule has 1 N–H and O–H groups in total. The Morgan fingerprint density at radius 3 is 2.31 bits per heavy atom. The first-order chi connectivity index (χ1) is 14.0. The summed E-state index contributed by atoms with van der Waals surface area (Å²) in [5.74, 6) is -1.77. The van der Waals surface area contributed by atoms with Crippen molar-refractivity contribution in [2.24, 2.45) is 0 Å². The maximum absolute atomic E-state index is 13.0. The van der Waals surface area contributed by atoms with Gasteiger partial charge in [0.1, 0.15) is 6.04 Å². The predicted molar refractivity (Wildman–Crippen MR) is 109 cm³/mol. The predicted octanol–water partition coefficient (Wildman–Crippen LogP) is 3.77. The average Bonchev–Trinajstić information content (AvgIpc) is 2.95. The quantitative estimate of drug-likeness (QED) is 0.480. The molecular formula is C23H30N2O4. The largest absolute Gasteiger partial charge is 0.295 e. The van der Waals surface area contributed by atoms with Crippen molar-refractivity contribution in [1.82, 2.24) is 10.2 Å². The summed E-state index contributed by atoms with van der Waals surface area (Å²) in [5.41, 5.74) is 1.68. The first kappa shape index (κ1) is 21.2. The number of hydrogen-bond acceptors (Lipinski definition) is 4. The van der Waals surface area contributed by atoms with Gasteiger partial charge in [0.2, 0.25) is 11.8 Å². The minimum atomic E-state index is -0.906. The fraction of sp³-hybridized carbons (Fsp3) is 0.565. The molecule has 1 saturated heterocycles. The highest BCUT2D eigenvalue weighted by atomic mass is 16.2. The highest BCUT2D eigenvalue weighted by Crippen LogP contribution is 2.30. The van der Waals surface area contributed by atoms with E-state index in [0.29, 0.717) is 11.1 Å². The molecule has 2 heterocycles. The van der Waals surface area contributed by atoms with Crippen LogP contribution in [0.5, 0.6) is 0 Å². The van der Waals surface area contributed by atoms with Crippen molar-refractivity contribution in [3.05, 3.63) is 34.9 Å². The molecule has 0 saturated carbocycles. The van der Waals surface area contributed by atoms with Gasteiger partial charge in [-0.3, -0.25) is 29.4 Å². The summed E-state index contributed by atoms with van der Waals surface area (Å²) in [6.45, 7) is 2.21. The van der Waals surface area contributed by atoms with Crippen molar-refractivity contribution >= 4 is 23.6 Å². The molecular weight excluding hydrogens is 368 g/mol. The minimum absolute atomic E-state index is 0.134. The maximum atomic E-state index is 13.0. The minimum Gasteiger partial charge on any atom is -0.295 e. The van der Waals surface area contributed by atoms with Crippen molar-refractivity contribution < 1.29 is 19.2 Å². The van der Waals surface area contributed by atoms with Gasteiger partial charge in [0.25, 0.3) is 11.8 Å². The molecule has 2 aliphatic heterocycles. The third kappa shape index (κ3) is 4.74. The van der Waals surface area contributed by atoms with Gasteiger partial charge in [-0.15, -0.1) is 0 Å². The Hall–Kier alpha value is -2.50. The van der Waals surface area contributed by atoms with Crippen LogP contribution in [0, 0.1) is 0 Å². The number of fused-ring (bicyclic) bond motifs is 1. The molecule has 6 heteroatoms. The fourth-order valence-electron chi connectivity index (χ4n) is 4.24. The Morgan fingerprint density at radius 1 is 0.931 bits per heavy atom. The molecule has 1 aromatic carbocycles. The number of rotatable bonds is 10. The summed E-state index contributed by atoms with van der Waals surface area (Å²) in [5, 5.41) is 2.23. The molecule has 0 aliphatic carbocycles. The third-order valence-corrected chi connectivity index (χ3v) is 5.85. The molecule has 0 spiro atoms. The summed E-state index contributed by atoms with van der Waals surface area (Å²) in [6.07, 6.45) is 10.7. The first-order valence-electron chi connectivity index (χ1n) is 10.9. The molecule has 3 rings (SSSR count). The SMILES string of the molecule is CCCCCCCCCCc1cccc2c1C(=O)N(C1CCC(=O)NC1=O)C2=O. The Kier molecular flexibility index (Phi) is 7.18. The van der Waals surface area contributed by atoms with Crippen LogP contribution in [-0.4, -0.2) is 34.6 Å². The van der Waals surface area contributed by atoms with Crippen LogP contribution < -0.4 is 5.32 Å². The Labute approximate surface area is 172 Å². The normalized spacial score (nSPS) is 18.9. The highest BCUT2D eigenvalue weighted by molar-refractivity contribution is 6.24. The molecule has 0 aromatic heterocycles. The monoisotopic (exact) mass is 398 g/mol. The van der Waals surface area contributed by atoms with Gasteiger partial charge in [0.05, 0.1) is 11.1 Å². The maximum Gasteiger partial charge on any atom is 0.262 e. The standard InChI is InChI=1S/C23H30N2O4/c1-2-3-4-5-6-7-8-9-11-16-12-10-13-17-20(16)23(29)25(22(17)28)18-14-15-19(26)24-21(18)27/h10,12-13,18H,2-9,11,14-15H2,1H3,(H,24,26,27). The lowest BCUT2D eigenvalue weighted by atomic mass is 9.97. The molecule has 156 valence electrons. The molecule has 29 heavy (non-hydrogen) atoms. The van der Waals surface area contributed by atoms with Crippen LogP contribution in [-0.2, 0) is 16.0 Å². The van der Waals surface area contributed by atoms with Crippen LogP contribution in [0.1, 0.15) is 97.4 Å². The molecule has 1 fully saturated rings. The van der Waals surface area contributed by atoms with Gasteiger partial charge in [-0.1, -0.05) is 64.0 Å². The number of hydrogen-bond donors (Lipinski definition) is 1. The summed E-state index contributed by atoms with van der Waals surface area (Å²) in [4.78, 5) is 50.5. The molecule has 0 bridgehead atoms. The molecule has 6 nitrogen and oxygen atoms in total. The number of unbranched alkanes of at least 4 members (excludes halogenated alkanes) is 7. The summed E-state index contributed by atoms with van der Waals surface area (Å²) in [6, 6.07) is 4.45. The van der Waals surface area contributed by atoms with E-state index < -0.39 is 23.8 Å². The van der Waals surface area contributed by atoms with E-state index in [2.05, 4.69) is 12.2 Å². The lowest BCUT2D eigenvalue weighted by Gasteiger charge is -2.27. The number of nitrogens with zero attached hydrogens (tertiary/aromatic N) is 1. The number of nitrogens with one attached hydrogen (secondary N) is 1. The van der Waals surface area contributed by atoms with Crippen molar-refractivity contribution in [2.45, 2.75) is 83.6 Å². The molecule has 2 aliphatic rings.